The van der Waals surface area contributed by atoms with Crippen LogP contribution in [0.3, 0.4) is 0 Å². The minimum atomic E-state index is -1.20. The lowest BCUT2D eigenvalue weighted by molar-refractivity contribution is -0.150. The molecular weight excluding hydrogens is 450 g/mol. The van der Waals surface area contributed by atoms with Crippen LogP contribution < -0.4 is 10.6 Å². The van der Waals surface area contributed by atoms with Gasteiger partial charge in [0.05, 0.1) is 29.5 Å². The second kappa shape index (κ2) is 10.4. The number of aryl methyl sites for hydroxylation is 1. The van der Waals surface area contributed by atoms with Gasteiger partial charge in [-0.3, -0.25) is 14.4 Å². The summed E-state index contributed by atoms with van der Waals surface area (Å²) in [4.78, 5) is 37.6. The molecule has 0 aliphatic carbocycles. The molecule has 32 heavy (non-hydrogen) atoms. The number of rotatable bonds is 6. The van der Waals surface area contributed by atoms with E-state index < -0.39 is 23.7 Å². The summed E-state index contributed by atoms with van der Waals surface area (Å²) in [6.45, 7) is 1.86. The lowest BCUT2D eigenvalue weighted by Crippen LogP contribution is -2.44. The number of hydrogen-bond acceptors (Lipinski definition) is 6. The van der Waals surface area contributed by atoms with Crippen molar-refractivity contribution in [1.82, 2.24) is 5.32 Å². The normalized spacial score (nSPS) is 17.9. The maximum atomic E-state index is 12.8. The molecule has 1 heterocycles. The molecule has 2 atom stereocenters. The van der Waals surface area contributed by atoms with Crippen molar-refractivity contribution in [3.05, 3.63) is 75.3 Å². The zero-order valence-corrected chi connectivity index (χ0v) is 18.9. The molecule has 1 aliphatic heterocycles. The molecule has 7 nitrogen and oxygen atoms in total. The number of carbonyl (C=O) groups excluding carboxylic acids is 3. The van der Waals surface area contributed by atoms with E-state index in [1.165, 1.54) is 7.11 Å². The molecule has 0 unspecified atom stereocenters. The van der Waals surface area contributed by atoms with Crippen molar-refractivity contribution in [1.29, 1.82) is 5.26 Å². The van der Waals surface area contributed by atoms with Crippen LogP contribution in [-0.4, -0.2) is 30.6 Å². The van der Waals surface area contributed by atoms with Crippen molar-refractivity contribution in [3.63, 3.8) is 0 Å². The molecule has 0 spiro atoms. The monoisotopic (exact) mass is 469 g/mol. The molecule has 0 radical (unpaired) electrons. The molecule has 164 valence electrons. The number of methoxy groups -OCH3 is 1. The van der Waals surface area contributed by atoms with Crippen molar-refractivity contribution in [2.75, 3.05) is 18.2 Å². The summed E-state index contributed by atoms with van der Waals surface area (Å²) in [7, 11) is 1.19. The third-order valence-corrected chi connectivity index (χ3v) is 6.37. The molecule has 2 N–H and O–H groups in total. The topological polar surface area (TPSA) is 108 Å². The van der Waals surface area contributed by atoms with Gasteiger partial charge in [0.15, 0.2) is 0 Å². The molecule has 0 bridgehead atoms. The number of nitriles is 1. The molecule has 1 aliphatic rings. The zero-order valence-electron chi connectivity index (χ0n) is 17.3. The molecule has 2 aromatic carbocycles. The molecule has 3 rings (SSSR count). The number of hydrogen-bond donors (Lipinski definition) is 2. The van der Waals surface area contributed by atoms with Gasteiger partial charge in [0.2, 0.25) is 11.8 Å². The molecule has 0 saturated carbocycles. The van der Waals surface area contributed by atoms with Crippen LogP contribution in [0.5, 0.6) is 0 Å². The van der Waals surface area contributed by atoms with E-state index >= 15 is 0 Å². The molecule has 9 heteroatoms. The fourth-order valence-electron chi connectivity index (χ4n) is 3.35. The van der Waals surface area contributed by atoms with Gasteiger partial charge < -0.3 is 15.4 Å². The minimum absolute atomic E-state index is 0.0588. The number of allylic oxidation sites excluding steroid dienone is 1. The highest BCUT2D eigenvalue weighted by Crippen LogP contribution is 2.40. The number of nitrogens with zero attached hydrogens (tertiary/aromatic N) is 1. The summed E-state index contributed by atoms with van der Waals surface area (Å²) >= 11 is 7.11. The van der Waals surface area contributed by atoms with Gasteiger partial charge in [0, 0.05) is 16.6 Å². The van der Waals surface area contributed by atoms with Gasteiger partial charge in [0.1, 0.15) is 5.92 Å². The summed E-state index contributed by atoms with van der Waals surface area (Å²) in [5, 5.41) is 16.0. The van der Waals surface area contributed by atoms with Crippen LogP contribution in [0.25, 0.3) is 0 Å². The van der Waals surface area contributed by atoms with E-state index in [0.717, 1.165) is 17.3 Å². The van der Waals surface area contributed by atoms with Gasteiger partial charge in [-0.1, -0.05) is 59.8 Å². The molecule has 0 saturated heterocycles. The van der Waals surface area contributed by atoms with E-state index in [-0.39, 0.29) is 22.3 Å². The molecule has 0 fully saturated rings. The molecule has 0 aromatic heterocycles. The standard InChI is InChI=1S/C23H20ClN3O4S/c1-13-8-9-15(10-17(13)24)26-18(28)12-32-22-16(11-25)19(14-6-4-3-5-7-14)20(21(29)27-22)23(30)31-2/h3-10,19-20H,12H2,1-2H3,(H,26,28)(H,27,29)/t19-,20-/m1/s1. The molecular formula is C23H20ClN3O4S. The summed E-state index contributed by atoms with van der Waals surface area (Å²) < 4.78 is 4.81. The number of nitrogens with one attached hydrogen (secondary N) is 2. The summed E-state index contributed by atoms with van der Waals surface area (Å²) in [5.41, 5.74) is 2.26. The fourth-order valence-corrected chi connectivity index (χ4v) is 4.37. The highest BCUT2D eigenvalue weighted by Gasteiger charge is 2.44. The van der Waals surface area contributed by atoms with Crippen LogP contribution in [0.4, 0.5) is 5.69 Å². The summed E-state index contributed by atoms with van der Waals surface area (Å²) in [6.07, 6.45) is 0. The number of carbonyl (C=O) groups is 3. The first-order chi connectivity index (χ1) is 15.3. The first kappa shape index (κ1) is 23.4. The van der Waals surface area contributed by atoms with Crippen molar-refractivity contribution < 1.29 is 19.1 Å². The van der Waals surface area contributed by atoms with E-state index in [1.807, 2.05) is 6.92 Å². The number of halogens is 1. The predicted octanol–water partition coefficient (Wildman–Crippen LogP) is 3.76. The number of ether oxygens (including phenoxy) is 1. The minimum Gasteiger partial charge on any atom is -0.468 e. The smallest absolute Gasteiger partial charge is 0.319 e. The number of amides is 2. The predicted molar refractivity (Wildman–Crippen MR) is 123 cm³/mol. The van der Waals surface area contributed by atoms with E-state index in [2.05, 4.69) is 16.7 Å². The summed E-state index contributed by atoms with van der Waals surface area (Å²) in [5.74, 6) is -3.73. The maximum Gasteiger partial charge on any atom is 0.319 e. The molecule has 2 aromatic rings. The van der Waals surface area contributed by atoms with E-state index in [1.54, 1.807) is 48.5 Å². The van der Waals surface area contributed by atoms with Crippen LogP contribution in [0.2, 0.25) is 5.02 Å². The van der Waals surface area contributed by atoms with Gasteiger partial charge in [-0.25, -0.2) is 0 Å². The third kappa shape index (κ3) is 5.13. The first-order valence-electron chi connectivity index (χ1n) is 9.62. The van der Waals surface area contributed by atoms with Gasteiger partial charge in [0.25, 0.3) is 0 Å². The lowest BCUT2D eigenvalue weighted by Gasteiger charge is -2.30. The Morgan fingerprint density at radius 1 is 1.25 bits per heavy atom. The maximum absolute atomic E-state index is 12.8. The van der Waals surface area contributed by atoms with Crippen molar-refractivity contribution in [2.24, 2.45) is 5.92 Å². The Morgan fingerprint density at radius 3 is 2.59 bits per heavy atom. The highest BCUT2D eigenvalue weighted by atomic mass is 35.5. The first-order valence-corrected chi connectivity index (χ1v) is 11.0. The van der Waals surface area contributed by atoms with Crippen molar-refractivity contribution in [3.8, 4) is 6.07 Å². The van der Waals surface area contributed by atoms with Crippen molar-refractivity contribution >= 4 is 46.8 Å². The number of esters is 1. The number of anilines is 1. The Morgan fingerprint density at radius 2 is 1.97 bits per heavy atom. The SMILES string of the molecule is COC(=O)[C@H]1C(=O)NC(SCC(=O)Nc2ccc(C)c(Cl)c2)=C(C#N)[C@H]1c1ccccc1. The Balaban J connectivity index is 1.85. The Kier molecular flexibility index (Phi) is 7.57. The average Bonchev–Trinajstić information content (AvgIpc) is 2.79. The van der Waals surface area contributed by atoms with Gasteiger partial charge in [-0.15, -0.1) is 0 Å². The Bertz CT molecular complexity index is 1130. The highest BCUT2D eigenvalue weighted by molar-refractivity contribution is 8.03. The Hall–Kier alpha value is -3.28. The third-order valence-electron chi connectivity index (χ3n) is 4.95. The van der Waals surface area contributed by atoms with Gasteiger partial charge >= 0.3 is 5.97 Å². The van der Waals surface area contributed by atoms with E-state index in [0.29, 0.717) is 16.3 Å². The van der Waals surface area contributed by atoms with Crippen LogP contribution in [0.15, 0.2) is 59.1 Å². The van der Waals surface area contributed by atoms with Gasteiger partial charge in [-0.05, 0) is 30.2 Å². The Labute approximate surface area is 194 Å². The second-order valence-electron chi connectivity index (χ2n) is 7.03. The lowest BCUT2D eigenvalue weighted by atomic mass is 9.78. The van der Waals surface area contributed by atoms with Crippen molar-refractivity contribution in [2.45, 2.75) is 12.8 Å². The summed E-state index contributed by atoms with van der Waals surface area (Å²) in [6, 6.07) is 16.1. The quantitative estimate of drug-likeness (QED) is 0.492. The van der Waals surface area contributed by atoms with Crippen LogP contribution in [0.1, 0.15) is 17.0 Å². The second-order valence-corrected chi connectivity index (χ2v) is 8.43. The van der Waals surface area contributed by atoms with Crippen LogP contribution in [-0.2, 0) is 19.1 Å². The largest absolute Gasteiger partial charge is 0.468 e. The number of benzene rings is 2. The average molecular weight is 470 g/mol. The van der Waals surface area contributed by atoms with Crippen LogP contribution >= 0.6 is 23.4 Å². The van der Waals surface area contributed by atoms with Crippen LogP contribution in [0, 0.1) is 24.2 Å². The molecule has 2 amide bonds. The number of thioether (sulfide) groups is 1. The van der Waals surface area contributed by atoms with E-state index in [9.17, 15) is 19.6 Å². The zero-order chi connectivity index (χ0) is 23.3. The van der Waals surface area contributed by atoms with E-state index in [4.69, 9.17) is 16.3 Å². The fraction of sp³-hybridized carbons (Fsp3) is 0.217. The van der Waals surface area contributed by atoms with Gasteiger partial charge in [-0.2, -0.15) is 5.26 Å².